The molecule has 0 bridgehead atoms. The third kappa shape index (κ3) is 22.7. The van der Waals surface area contributed by atoms with Gasteiger partial charge in [0, 0.05) is 12.8 Å². The Hall–Kier alpha value is -1.06. The summed E-state index contributed by atoms with van der Waals surface area (Å²) < 4.78 is 10.8. The van der Waals surface area contributed by atoms with Crippen LogP contribution in [0, 0.1) is 5.92 Å². The Morgan fingerprint density at radius 1 is 0.559 bits per heavy atom. The fraction of sp³-hybridized carbons (Fsp3) is 0.933. The molecule has 0 heterocycles. The molecule has 0 saturated carbocycles. The topological polar surface area (TPSA) is 52.6 Å². The number of ether oxygens (including phenoxy) is 2. The van der Waals surface area contributed by atoms with Crippen LogP contribution in [0.4, 0.5) is 0 Å². The lowest BCUT2D eigenvalue weighted by atomic mass is 10.0. The van der Waals surface area contributed by atoms with Gasteiger partial charge in [0.25, 0.3) is 0 Å². The van der Waals surface area contributed by atoms with Crippen LogP contribution in [0.15, 0.2) is 0 Å². The van der Waals surface area contributed by atoms with Crippen molar-refractivity contribution in [1.82, 2.24) is 0 Å². The molecule has 0 spiro atoms. The Balaban J connectivity index is 3.33. The van der Waals surface area contributed by atoms with Gasteiger partial charge in [0.1, 0.15) is 6.10 Å². The van der Waals surface area contributed by atoms with Crippen molar-refractivity contribution in [2.75, 3.05) is 6.61 Å². The first-order chi connectivity index (χ1) is 16.5. The van der Waals surface area contributed by atoms with Crippen molar-refractivity contribution in [2.24, 2.45) is 5.92 Å². The summed E-state index contributed by atoms with van der Waals surface area (Å²) in [6, 6.07) is 0. The van der Waals surface area contributed by atoms with E-state index >= 15 is 0 Å². The van der Waals surface area contributed by atoms with E-state index in [1.54, 1.807) is 0 Å². The highest BCUT2D eigenvalue weighted by Crippen LogP contribution is 2.14. The molecule has 0 amide bonds. The monoisotopic (exact) mass is 482 g/mol. The summed E-state index contributed by atoms with van der Waals surface area (Å²) in [5.41, 5.74) is 0. The summed E-state index contributed by atoms with van der Waals surface area (Å²) in [4.78, 5) is 23.7. The van der Waals surface area contributed by atoms with Gasteiger partial charge in [-0.1, -0.05) is 124 Å². The molecule has 0 N–H and O–H groups in total. The minimum atomic E-state index is -0.151. The van der Waals surface area contributed by atoms with Crippen molar-refractivity contribution in [3.63, 3.8) is 0 Å². The van der Waals surface area contributed by atoms with Crippen LogP contribution >= 0.6 is 0 Å². The minimum Gasteiger partial charge on any atom is -0.466 e. The van der Waals surface area contributed by atoms with Gasteiger partial charge in [0.2, 0.25) is 0 Å². The van der Waals surface area contributed by atoms with Crippen molar-refractivity contribution in [3.05, 3.63) is 0 Å². The lowest BCUT2D eigenvalue weighted by molar-refractivity contribution is -0.152. The second-order valence-electron chi connectivity index (χ2n) is 10.4. The van der Waals surface area contributed by atoms with Gasteiger partial charge in [0.05, 0.1) is 6.61 Å². The standard InChI is InChI=1S/C30H58O4/c1-5-7-8-9-10-11-12-13-14-15-16-17-18-19-20-23-26-33-29(31)24-21-22-25-30(32)34-28(6-2)27(3)4/h27-28H,5-26H2,1-4H3. The number of unbranched alkanes of at least 4 members (excludes halogenated alkanes) is 16. The zero-order chi connectivity index (χ0) is 25.3. The van der Waals surface area contributed by atoms with Crippen molar-refractivity contribution < 1.29 is 19.1 Å². The fourth-order valence-corrected chi connectivity index (χ4v) is 4.37. The van der Waals surface area contributed by atoms with Crippen molar-refractivity contribution >= 4 is 11.9 Å². The molecule has 0 aliphatic heterocycles. The second-order valence-corrected chi connectivity index (χ2v) is 10.4. The maximum absolute atomic E-state index is 11.9. The van der Waals surface area contributed by atoms with E-state index in [1.807, 2.05) is 6.92 Å². The minimum absolute atomic E-state index is 0.00261. The summed E-state index contributed by atoms with van der Waals surface area (Å²) in [7, 11) is 0. The maximum Gasteiger partial charge on any atom is 0.306 e. The first kappa shape index (κ1) is 32.9. The molecule has 0 aliphatic carbocycles. The summed E-state index contributed by atoms with van der Waals surface area (Å²) in [6.45, 7) is 8.98. The van der Waals surface area contributed by atoms with E-state index in [0.29, 0.717) is 38.2 Å². The van der Waals surface area contributed by atoms with E-state index in [-0.39, 0.29) is 18.0 Å². The van der Waals surface area contributed by atoms with Crippen LogP contribution in [-0.4, -0.2) is 24.6 Å². The highest BCUT2D eigenvalue weighted by molar-refractivity contribution is 5.70. The molecule has 4 heteroatoms. The van der Waals surface area contributed by atoms with Crippen LogP contribution in [0.25, 0.3) is 0 Å². The lowest BCUT2D eigenvalue weighted by Crippen LogP contribution is -2.22. The third-order valence-corrected chi connectivity index (χ3v) is 6.70. The van der Waals surface area contributed by atoms with Gasteiger partial charge < -0.3 is 9.47 Å². The quantitative estimate of drug-likeness (QED) is 0.0960. The Morgan fingerprint density at radius 2 is 0.971 bits per heavy atom. The molecule has 0 aromatic heterocycles. The zero-order valence-electron chi connectivity index (χ0n) is 23.3. The molecule has 4 nitrogen and oxygen atoms in total. The number of carbonyl (C=O) groups is 2. The van der Waals surface area contributed by atoms with Crippen LogP contribution < -0.4 is 0 Å². The van der Waals surface area contributed by atoms with Crippen LogP contribution in [0.3, 0.4) is 0 Å². The molecule has 0 radical (unpaired) electrons. The summed E-state index contributed by atoms with van der Waals surface area (Å²) in [5.74, 6) is 0.0542. The predicted molar refractivity (Wildman–Crippen MR) is 144 cm³/mol. The van der Waals surface area contributed by atoms with E-state index in [9.17, 15) is 9.59 Å². The van der Waals surface area contributed by atoms with Gasteiger partial charge in [-0.25, -0.2) is 0 Å². The van der Waals surface area contributed by atoms with Gasteiger partial charge in [-0.2, -0.15) is 0 Å². The van der Waals surface area contributed by atoms with Crippen LogP contribution in [-0.2, 0) is 19.1 Å². The maximum atomic E-state index is 11.9. The molecule has 0 rings (SSSR count). The highest BCUT2D eigenvalue weighted by Gasteiger charge is 2.16. The number of carbonyl (C=O) groups excluding carboxylic acids is 2. The Morgan fingerprint density at radius 3 is 1.38 bits per heavy atom. The zero-order valence-corrected chi connectivity index (χ0v) is 23.3. The second kappa shape index (κ2) is 25.0. The number of esters is 2. The predicted octanol–water partition coefficient (Wildman–Crippen LogP) is 9.33. The molecule has 34 heavy (non-hydrogen) atoms. The number of rotatable bonds is 25. The molecule has 202 valence electrons. The van der Waals surface area contributed by atoms with Crippen molar-refractivity contribution in [2.45, 2.75) is 169 Å². The summed E-state index contributed by atoms with van der Waals surface area (Å²) >= 11 is 0. The van der Waals surface area contributed by atoms with E-state index < -0.39 is 0 Å². The summed E-state index contributed by atoms with van der Waals surface area (Å²) in [5, 5.41) is 0. The first-order valence-corrected chi connectivity index (χ1v) is 14.9. The van der Waals surface area contributed by atoms with Gasteiger partial charge in [-0.15, -0.1) is 0 Å². The van der Waals surface area contributed by atoms with Crippen molar-refractivity contribution in [3.8, 4) is 0 Å². The van der Waals surface area contributed by atoms with E-state index in [4.69, 9.17) is 9.47 Å². The van der Waals surface area contributed by atoms with Crippen LogP contribution in [0.5, 0.6) is 0 Å². The van der Waals surface area contributed by atoms with Crippen LogP contribution in [0.1, 0.15) is 163 Å². The molecular formula is C30H58O4. The van der Waals surface area contributed by atoms with E-state index in [0.717, 1.165) is 19.3 Å². The molecule has 1 atom stereocenters. The lowest BCUT2D eigenvalue weighted by Gasteiger charge is -2.19. The summed E-state index contributed by atoms with van der Waals surface area (Å²) in [6.07, 6.45) is 24.5. The van der Waals surface area contributed by atoms with Gasteiger partial charge in [-0.05, 0) is 31.6 Å². The van der Waals surface area contributed by atoms with Gasteiger partial charge in [-0.3, -0.25) is 9.59 Å². The van der Waals surface area contributed by atoms with Gasteiger partial charge >= 0.3 is 11.9 Å². The molecule has 0 fully saturated rings. The Labute approximate surface area is 212 Å². The van der Waals surface area contributed by atoms with Crippen LogP contribution in [0.2, 0.25) is 0 Å². The molecule has 0 aromatic carbocycles. The molecule has 0 aliphatic rings. The third-order valence-electron chi connectivity index (χ3n) is 6.70. The molecule has 0 saturated heterocycles. The highest BCUT2D eigenvalue weighted by atomic mass is 16.5. The average Bonchev–Trinajstić information content (AvgIpc) is 2.82. The van der Waals surface area contributed by atoms with Gasteiger partial charge in [0.15, 0.2) is 0 Å². The largest absolute Gasteiger partial charge is 0.466 e. The average molecular weight is 483 g/mol. The fourth-order valence-electron chi connectivity index (χ4n) is 4.37. The Bertz CT molecular complexity index is 461. The normalized spacial score (nSPS) is 12.1. The van der Waals surface area contributed by atoms with E-state index in [2.05, 4.69) is 20.8 Å². The number of hydrogen-bond donors (Lipinski definition) is 0. The SMILES string of the molecule is CCCCCCCCCCCCCCCCCCOC(=O)CCCCC(=O)OC(CC)C(C)C. The molecular weight excluding hydrogens is 424 g/mol. The Kier molecular flexibility index (Phi) is 24.3. The smallest absolute Gasteiger partial charge is 0.306 e. The molecule has 1 unspecified atom stereocenters. The number of hydrogen-bond acceptors (Lipinski definition) is 4. The van der Waals surface area contributed by atoms with E-state index in [1.165, 1.54) is 89.9 Å². The molecule has 0 aromatic rings. The first-order valence-electron chi connectivity index (χ1n) is 14.9. The van der Waals surface area contributed by atoms with Crippen molar-refractivity contribution in [1.29, 1.82) is 0 Å².